The van der Waals surface area contributed by atoms with E-state index >= 15 is 0 Å². The van der Waals surface area contributed by atoms with Gasteiger partial charge in [0, 0.05) is 11.7 Å². The lowest BCUT2D eigenvalue weighted by Crippen LogP contribution is -1.99. The first kappa shape index (κ1) is 9.48. The lowest BCUT2D eigenvalue weighted by atomic mass is 10.3. The highest BCUT2D eigenvalue weighted by atomic mass is 32.2. The summed E-state index contributed by atoms with van der Waals surface area (Å²) in [4.78, 5) is 4.52. The van der Waals surface area contributed by atoms with Crippen molar-refractivity contribution in [3.63, 3.8) is 0 Å². The molecule has 0 atom stereocenters. The van der Waals surface area contributed by atoms with E-state index < -0.39 is 0 Å². The number of rotatable bonds is 3. The summed E-state index contributed by atoms with van der Waals surface area (Å²) in [6.07, 6.45) is 4.70. The van der Waals surface area contributed by atoms with Gasteiger partial charge in [-0.1, -0.05) is 11.8 Å². The number of fused-ring (bicyclic) bond motifs is 1. The Kier molecular flexibility index (Phi) is 2.33. The maximum atomic E-state index is 4.52. The lowest BCUT2D eigenvalue weighted by Gasteiger charge is -2.02. The minimum absolute atomic E-state index is 0.718. The van der Waals surface area contributed by atoms with Crippen LogP contribution >= 0.6 is 23.1 Å². The van der Waals surface area contributed by atoms with Crippen LogP contribution in [0.25, 0.3) is 10.2 Å². The van der Waals surface area contributed by atoms with Crippen molar-refractivity contribution >= 4 is 39.0 Å². The molecular formula is C11H12N2S2. The van der Waals surface area contributed by atoms with Gasteiger partial charge in [-0.15, -0.1) is 11.3 Å². The molecule has 1 fully saturated rings. The van der Waals surface area contributed by atoms with E-state index in [0.29, 0.717) is 0 Å². The Hall–Kier alpha value is -0.740. The van der Waals surface area contributed by atoms with Crippen LogP contribution in [0.4, 0.5) is 5.69 Å². The van der Waals surface area contributed by atoms with Crippen molar-refractivity contribution in [3.05, 3.63) is 18.2 Å². The summed E-state index contributed by atoms with van der Waals surface area (Å²) in [5.74, 6) is 0. The highest BCUT2D eigenvalue weighted by Gasteiger charge is 2.20. The highest BCUT2D eigenvalue weighted by molar-refractivity contribution is 8.00. The van der Waals surface area contributed by atoms with Gasteiger partial charge in [-0.05, 0) is 37.3 Å². The van der Waals surface area contributed by atoms with E-state index in [1.165, 1.54) is 23.2 Å². The van der Waals surface area contributed by atoms with Crippen LogP contribution in [0.5, 0.6) is 0 Å². The number of hydrogen-bond acceptors (Lipinski definition) is 4. The maximum absolute atomic E-state index is 4.52. The third-order valence-electron chi connectivity index (χ3n) is 2.49. The number of anilines is 1. The molecule has 3 rings (SSSR count). The number of nitrogens with zero attached hydrogens (tertiary/aromatic N) is 1. The van der Waals surface area contributed by atoms with Crippen LogP contribution in [0.3, 0.4) is 0 Å². The van der Waals surface area contributed by atoms with Crippen molar-refractivity contribution in [1.29, 1.82) is 0 Å². The number of aromatic nitrogens is 1. The van der Waals surface area contributed by atoms with Gasteiger partial charge in [-0.25, -0.2) is 4.98 Å². The standard InChI is InChI=1S/C11H12N2S2/c1-14-11-13-9-5-4-8(6-10(9)15-11)12-7-2-3-7/h4-7,12H,2-3H2,1H3. The van der Waals surface area contributed by atoms with Gasteiger partial charge in [0.2, 0.25) is 0 Å². The minimum atomic E-state index is 0.718. The zero-order valence-electron chi connectivity index (χ0n) is 8.49. The first-order valence-corrected chi connectivity index (χ1v) is 7.10. The number of hydrogen-bond donors (Lipinski definition) is 1. The minimum Gasteiger partial charge on any atom is -0.382 e. The Morgan fingerprint density at radius 3 is 3.07 bits per heavy atom. The van der Waals surface area contributed by atoms with Crippen LogP contribution in [0.15, 0.2) is 22.5 Å². The summed E-state index contributed by atoms with van der Waals surface area (Å²) in [5.41, 5.74) is 2.35. The molecule has 1 aromatic carbocycles. The molecule has 1 saturated carbocycles. The summed E-state index contributed by atoms with van der Waals surface area (Å²) in [6, 6.07) is 7.17. The topological polar surface area (TPSA) is 24.9 Å². The normalized spacial score (nSPS) is 15.8. The van der Waals surface area contributed by atoms with Crippen molar-refractivity contribution < 1.29 is 0 Å². The van der Waals surface area contributed by atoms with Gasteiger partial charge in [0.25, 0.3) is 0 Å². The maximum Gasteiger partial charge on any atom is 0.150 e. The smallest absolute Gasteiger partial charge is 0.150 e. The van der Waals surface area contributed by atoms with Gasteiger partial charge >= 0.3 is 0 Å². The summed E-state index contributed by atoms with van der Waals surface area (Å²) >= 11 is 3.48. The Bertz CT molecular complexity index is 488. The average molecular weight is 236 g/mol. The molecule has 1 N–H and O–H groups in total. The van der Waals surface area contributed by atoms with E-state index in [1.807, 2.05) is 0 Å². The Labute approximate surface area is 97.1 Å². The monoisotopic (exact) mass is 236 g/mol. The second-order valence-electron chi connectivity index (χ2n) is 3.79. The van der Waals surface area contributed by atoms with Gasteiger partial charge < -0.3 is 5.32 Å². The molecule has 0 bridgehead atoms. The molecule has 1 aromatic heterocycles. The van der Waals surface area contributed by atoms with Crippen LogP contribution < -0.4 is 5.32 Å². The molecule has 2 nitrogen and oxygen atoms in total. The molecule has 1 aliphatic rings. The fourth-order valence-electron chi connectivity index (χ4n) is 1.54. The molecule has 0 saturated heterocycles. The number of thioether (sulfide) groups is 1. The summed E-state index contributed by atoms with van der Waals surface area (Å²) in [6.45, 7) is 0. The van der Waals surface area contributed by atoms with Crippen LogP contribution in [0.2, 0.25) is 0 Å². The zero-order valence-corrected chi connectivity index (χ0v) is 10.1. The molecule has 0 amide bonds. The van der Waals surface area contributed by atoms with Gasteiger partial charge in [0.1, 0.15) is 0 Å². The predicted octanol–water partition coefficient (Wildman–Crippen LogP) is 3.59. The molecule has 0 radical (unpaired) electrons. The van der Waals surface area contributed by atoms with Gasteiger partial charge in [0.05, 0.1) is 10.2 Å². The first-order valence-electron chi connectivity index (χ1n) is 5.06. The lowest BCUT2D eigenvalue weighted by molar-refractivity contribution is 1.16. The largest absolute Gasteiger partial charge is 0.382 e. The molecule has 1 heterocycles. The van der Waals surface area contributed by atoms with E-state index in [0.717, 1.165) is 15.9 Å². The summed E-state index contributed by atoms with van der Waals surface area (Å²) < 4.78 is 2.43. The third-order valence-corrected chi connectivity index (χ3v) is 4.49. The second-order valence-corrected chi connectivity index (χ2v) is 5.87. The third kappa shape index (κ3) is 1.96. The van der Waals surface area contributed by atoms with Crippen molar-refractivity contribution in [1.82, 2.24) is 4.98 Å². The van der Waals surface area contributed by atoms with Gasteiger partial charge in [0.15, 0.2) is 4.34 Å². The second kappa shape index (κ2) is 3.68. The average Bonchev–Trinajstić information content (AvgIpc) is 2.96. The zero-order chi connectivity index (χ0) is 10.3. The van der Waals surface area contributed by atoms with Crippen molar-refractivity contribution in [2.24, 2.45) is 0 Å². The van der Waals surface area contributed by atoms with E-state index in [2.05, 4.69) is 34.8 Å². The Morgan fingerprint density at radius 1 is 1.47 bits per heavy atom. The number of benzene rings is 1. The molecule has 15 heavy (non-hydrogen) atoms. The Balaban J connectivity index is 1.96. The van der Waals surface area contributed by atoms with Crippen molar-refractivity contribution in [2.75, 3.05) is 11.6 Å². The van der Waals surface area contributed by atoms with E-state index in [1.54, 1.807) is 23.1 Å². The van der Waals surface area contributed by atoms with E-state index in [4.69, 9.17) is 0 Å². The molecule has 4 heteroatoms. The van der Waals surface area contributed by atoms with Crippen molar-refractivity contribution in [2.45, 2.75) is 23.2 Å². The first-order chi connectivity index (χ1) is 7.35. The van der Waals surface area contributed by atoms with Gasteiger partial charge in [-0.3, -0.25) is 0 Å². The molecular weight excluding hydrogens is 224 g/mol. The van der Waals surface area contributed by atoms with Crippen LogP contribution in [-0.4, -0.2) is 17.3 Å². The van der Waals surface area contributed by atoms with Crippen molar-refractivity contribution in [3.8, 4) is 0 Å². The fourth-order valence-corrected chi connectivity index (χ4v) is 3.07. The molecule has 78 valence electrons. The van der Waals surface area contributed by atoms with E-state index in [-0.39, 0.29) is 0 Å². The number of thiazole rings is 1. The highest BCUT2D eigenvalue weighted by Crippen LogP contribution is 2.31. The number of nitrogens with one attached hydrogen (secondary N) is 1. The fraction of sp³-hybridized carbons (Fsp3) is 0.364. The molecule has 0 unspecified atom stereocenters. The SMILES string of the molecule is CSc1nc2ccc(NC3CC3)cc2s1. The van der Waals surface area contributed by atoms with Crippen LogP contribution in [0, 0.1) is 0 Å². The molecule has 0 spiro atoms. The van der Waals surface area contributed by atoms with Crippen LogP contribution in [-0.2, 0) is 0 Å². The summed E-state index contributed by atoms with van der Waals surface area (Å²) in [5, 5.41) is 3.51. The molecule has 0 aliphatic heterocycles. The molecule has 1 aliphatic carbocycles. The van der Waals surface area contributed by atoms with E-state index in [9.17, 15) is 0 Å². The Morgan fingerprint density at radius 2 is 2.33 bits per heavy atom. The van der Waals surface area contributed by atoms with Crippen LogP contribution in [0.1, 0.15) is 12.8 Å². The van der Waals surface area contributed by atoms with Gasteiger partial charge in [-0.2, -0.15) is 0 Å². The quantitative estimate of drug-likeness (QED) is 0.824. The predicted molar refractivity (Wildman–Crippen MR) is 68.0 cm³/mol. The summed E-state index contributed by atoms with van der Waals surface area (Å²) in [7, 11) is 0. The molecule has 2 aromatic rings.